The van der Waals surface area contributed by atoms with Crippen LogP contribution in [0, 0.1) is 5.92 Å². The number of phenols is 1. The lowest BCUT2D eigenvalue weighted by molar-refractivity contribution is -0.116. The summed E-state index contributed by atoms with van der Waals surface area (Å²) in [5.74, 6) is 0.886. The molecule has 0 aliphatic carbocycles. The number of carbonyl (C=O) groups is 1. The fraction of sp³-hybridized carbons (Fsp3) is 0.227. The van der Waals surface area contributed by atoms with Gasteiger partial charge in [-0.1, -0.05) is 26.0 Å². The highest BCUT2D eigenvalue weighted by atomic mass is 16.3. The Hall–Kier alpha value is -3.41. The molecule has 0 unspecified atom stereocenters. The highest BCUT2D eigenvalue weighted by Crippen LogP contribution is 2.21. The third-order valence-corrected chi connectivity index (χ3v) is 4.34. The molecule has 28 heavy (non-hydrogen) atoms. The second-order valence-corrected chi connectivity index (χ2v) is 7.01. The van der Waals surface area contributed by atoms with E-state index in [2.05, 4.69) is 29.1 Å². The summed E-state index contributed by atoms with van der Waals surface area (Å²) in [7, 11) is 0. The van der Waals surface area contributed by atoms with Gasteiger partial charge in [0, 0.05) is 23.7 Å². The molecule has 0 aliphatic rings. The van der Waals surface area contributed by atoms with Crippen LogP contribution in [-0.4, -0.2) is 27.5 Å². The number of benzene rings is 2. The molecule has 6 heteroatoms. The summed E-state index contributed by atoms with van der Waals surface area (Å²) in [5.41, 5.74) is 1.62. The second kappa shape index (κ2) is 8.52. The summed E-state index contributed by atoms with van der Waals surface area (Å²) < 4.78 is 0. The molecule has 3 rings (SSSR count). The number of aromatic amines is 1. The highest BCUT2D eigenvalue weighted by Gasteiger charge is 2.09. The first kappa shape index (κ1) is 19.4. The Balaban J connectivity index is 1.92. The van der Waals surface area contributed by atoms with Crippen LogP contribution in [0.25, 0.3) is 28.4 Å². The Labute approximate surface area is 163 Å². The van der Waals surface area contributed by atoms with E-state index in [1.165, 1.54) is 18.2 Å². The molecule has 1 amide bonds. The summed E-state index contributed by atoms with van der Waals surface area (Å²) >= 11 is 0. The summed E-state index contributed by atoms with van der Waals surface area (Å²) in [6, 6.07) is 11.7. The molecule has 3 N–H and O–H groups in total. The van der Waals surface area contributed by atoms with E-state index in [4.69, 9.17) is 0 Å². The Morgan fingerprint density at radius 3 is 2.68 bits per heavy atom. The van der Waals surface area contributed by atoms with E-state index in [0.717, 1.165) is 6.42 Å². The fourth-order valence-electron chi connectivity index (χ4n) is 2.78. The zero-order valence-corrected chi connectivity index (χ0v) is 15.9. The van der Waals surface area contributed by atoms with Crippen molar-refractivity contribution in [3.63, 3.8) is 0 Å². The average Bonchev–Trinajstić information content (AvgIpc) is 2.66. The molecule has 0 fully saturated rings. The molecule has 0 saturated carbocycles. The maximum absolute atomic E-state index is 12.5. The number of hydrogen-bond donors (Lipinski definition) is 3. The van der Waals surface area contributed by atoms with E-state index >= 15 is 0 Å². The van der Waals surface area contributed by atoms with Crippen molar-refractivity contribution in [2.45, 2.75) is 20.3 Å². The van der Waals surface area contributed by atoms with Crippen LogP contribution in [-0.2, 0) is 4.79 Å². The smallest absolute Gasteiger partial charge is 0.259 e. The number of para-hydroxylation sites is 1. The van der Waals surface area contributed by atoms with Gasteiger partial charge in [0.1, 0.15) is 11.6 Å². The molecule has 144 valence electrons. The standard InChI is InChI=1S/C22H23N3O3/c1-14(2)12-13-23-19(27)11-8-15-4-3-5-18-20(15)24-21(25-22(18)28)16-6-9-17(26)10-7-16/h3-11,14,26H,12-13H2,1-2H3,(H,23,27)(H,24,25,28)/b11-8+. The van der Waals surface area contributed by atoms with Gasteiger partial charge in [0.2, 0.25) is 5.91 Å². The lowest BCUT2D eigenvalue weighted by Gasteiger charge is -2.06. The lowest BCUT2D eigenvalue weighted by Crippen LogP contribution is -2.23. The maximum Gasteiger partial charge on any atom is 0.259 e. The Morgan fingerprint density at radius 1 is 1.21 bits per heavy atom. The monoisotopic (exact) mass is 377 g/mol. The largest absolute Gasteiger partial charge is 0.508 e. The molecule has 6 nitrogen and oxygen atoms in total. The molecule has 0 saturated heterocycles. The van der Waals surface area contributed by atoms with Crippen molar-refractivity contribution in [1.82, 2.24) is 15.3 Å². The number of amides is 1. The van der Waals surface area contributed by atoms with Gasteiger partial charge in [0.15, 0.2) is 0 Å². The van der Waals surface area contributed by atoms with Crippen LogP contribution < -0.4 is 10.9 Å². The van der Waals surface area contributed by atoms with Gasteiger partial charge in [-0.2, -0.15) is 0 Å². The number of nitrogens with zero attached hydrogens (tertiary/aromatic N) is 1. The minimum Gasteiger partial charge on any atom is -0.508 e. The van der Waals surface area contributed by atoms with E-state index in [9.17, 15) is 14.7 Å². The van der Waals surface area contributed by atoms with Gasteiger partial charge >= 0.3 is 0 Å². The van der Waals surface area contributed by atoms with Gasteiger partial charge in [-0.3, -0.25) is 9.59 Å². The van der Waals surface area contributed by atoms with E-state index in [-0.39, 0.29) is 17.2 Å². The van der Waals surface area contributed by atoms with E-state index in [0.29, 0.717) is 40.3 Å². The van der Waals surface area contributed by atoms with Crippen LogP contribution in [0.1, 0.15) is 25.8 Å². The summed E-state index contributed by atoms with van der Waals surface area (Å²) in [6.45, 7) is 4.83. The summed E-state index contributed by atoms with van der Waals surface area (Å²) in [6.07, 6.45) is 4.04. The zero-order chi connectivity index (χ0) is 20.1. The minimum atomic E-state index is -0.260. The van der Waals surface area contributed by atoms with Crippen molar-refractivity contribution >= 4 is 22.9 Å². The number of carbonyl (C=O) groups excluding carboxylic acids is 1. The van der Waals surface area contributed by atoms with Crippen molar-refractivity contribution in [1.29, 1.82) is 0 Å². The van der Waals surface area contributed by atoms with Gasteiger partial charge in [0.05, 0.1) is 10.9 Å². The van der Waals surface area contributed by atoms with Crippen molar-refractivity contribution in [2.24, 2.45) is 5.92 Å². The predicted octanol–water partition coefficient (Wildman–Crippen LogP) is 3.47. The van der Waals surface area contributed by atoms with Crippen LogP contribution in [0.3, 0.4) is 0 Å². The molecule has 1 aromatic heterocycles. The van der Waals surface area contributed by atoms with Gasteiger partial charge in [-0.25, -0.2) is 4.98 Å². The van der Waals surface area contributed by atoms with Crippen molar-refractivity contribution < 1.29 is 9.90 Å². The topological polar surface area (TPSA) is 95.1 Å². The van der Waals surface area contributed by atoms with Crippen molar-refractivity contribution in [3.8, 4) is 17.1 Å². The first-order valence-corrected chi connectivity index (χ1v) is 9.22. The number of nitrogens with one attached hydrogen (secondary N) is 2. The number of hydrogen-bond acceptors (Lipinski definition) is 4. The van der Waals surface area contributed by atoms with Gasteiger partial charge < -0.3 is 15.4 Å². The van der Waals surface area contributed by atoms with Gasteiger partial charge in [-0.05, 0) is 48.7 Å². The van der Waals surface area contributed by atoms with Crippen LogP contribution in [0.4, 0.5) is 0 Å². The lowest BCUT2D eigenvalue weighted by atomic mass is 10.1. The van der Waals surface area contributed by atoms with Crippen LogP contribution in [0.5, 0.6) is 5.75 Å². The number of aromatic hydroxyl groups is 1. The normalized spacial score (nSPS) is 11.4. The summed E-state index contributed by atoms with van der Waals surface area (Å²) in [4.78, 5) is 31.8. The number of aromatic nitrogens is 2. The number of H-pyrrole nitrogens is 1. The highest BCUT2D eigenvalue weighted by molar-refractivity contribution is 5.95. The predicted molar refractivity (Wildman–Crippen MR) is 111 cm³/mol. The van der Waals surface area contributed by atoms with Gasteiger partial charge in [-0.15, -0.1) is 0 Å². The fourth-order valence-corrected chi connectivity index (χ4v) is 2.78. The third-order valence-electron chi connectivity index (χ3n) is 4.34. The quantitative estimate of drug-likeness (QED) is 0.573. The van der Waals surface area contributed by atoms with E-state index in [1.807, 2.05) is 6.07 Å². The molecule has 0 radical (unpaired) electrons. The SMILES string of the molecule is CC(C)CCNC(=O)/C=C/c1cccc2c(=O)[nH]c(-c3ccc(O)cc3)nc12. The first-order valence-electron chi connectivity index (χ1n) is 9.22. The average molecular weight is 377 g/mol. The van der Waals surface area contributed by atoms with E-state index < -0.39 is 0 Å². The molecule has 1 heterocycles. The zero-order valence-electron chi connectivity index (χ0n) is 15.9. The molecule has 0 atom stereocenters. The maximum atomic E-state index is 12.5. The molecule has 0 bridgehead atoms. The third kappa shape index (κ3) is 4.65. The summed E-state index contributed by atoms with van der Waals surface area (Å²) in [5, 5.41) is 12.7. The first-order chi connectivity index (χ1) is 13.4. The Bertz CT molecular complexity index is 1070. The number of phenolic OH excluding ortho intramolecular Hbond substituents is 1. The Kier molecular flexibility index (Phi) is 5.89. The van der Waals surface area contributed by atoms with Gasteiger partial charge in [0.25, 0.3) is 5.56 Å². The molecular weight excluding hydrogens is 354 g/mol. The number of rotatable bonds is 6. The Morgan fingerprint density at radius 2 is 1.96 bits per heavy atom. The van der Waals surface area contributed by atoms with Crippen molar-refractivity contribution in [3.05, 3.63) is 64.5 Å². The van der Waals surface area contributed by atoms with Crippen LogP contribution >= 0.6 is 0 Å². The van der Waals surface area contributed by atoms with Crippen LogP contribution in [0.2, 0.25) is 0 Å². The molecule has 3 aromatic rings. The molecule has 0 spiro atoms. The molecule has 2 aromatic carbocycles. The van der Waals surface area contributed by atoms with Crippen molar-refractivity contribution in [2.75, 3.05) is 6.54 Å². The minimum absolute atomic E-state index is 0.138. The van der Waals surface area contributed by atoms with Crippen LogP contribution in [0.15, 0.2) is 53.3 Å². The van der Waals surface area contributed by atoms with E-state index in [1.54, 1.807) is 30.3 Å². The molecule has 0 aliphatic heterocycles. The molecular formula is C22H23N3O3. The second-order valence-electron chi connectivity index (χ2n) is 7.01. The number of fused-ring (bicyclic) bond motifs is 1.